The molecule has 0 unspecified atom stereocenters. The molecule has 1 aliphatic heterocycles. The fourth-order valence-electron chi connectivity index (χ4n) is 5.66. The van der Waals surface area contributed by atoms with Crippen molar-refractivity contribution in [2.24, 2.45) is 5.41 Å². The molecule has 1 saturated carbocycles. The minimum atomic E-state index is -0.565. The van der Waals surface area contributed by atoms with E-state index < -0.39 is 6.04 Å². The third-order valence-corrected chi connectivity index (χ3v) is 8.30. The van der Waals surface area contributed by atoms with Gasteiger partial charge in [0.15, 0.2) is 0 Å². The molecular formula is C25H23Br2N7O2. The van der Waals surface area contributed by atoms with Gasteiger partial charge in [0, 0.05) is 15.9 Å². The van der Waals surface area contributed by atoms with Crippen LogP contribution in [0.25, 0.3) is 21.9 Å². The van der Waals surface area contributed by atoms with Gasteiger partial charge in [-0.1, -0.05) is 28.9 Å². The van der Waals surface area contributed by atoms with Gasteiger partial charge in [-0.3, -0.25) is 9.59 Å². The normalized spacial score (nSPS) is 22.7. The number of hydrogen-bond acceptors (Lipinski definition) is 6. The highest BCUT2D eigenvalue weighted by molar-refractivity contribution is 9.10. The van der Waals surface area contributed by atoms with E-state index in [4.69, 9.17) is 5.73 Å². The molecule has 0 radical (unpaired) electrons. The molecule has 2 aliphatic rings. The summed E-state index contributed by atoms with van der Waals surface area (Å²) in [6.45, 7) is 4.18. The first-order valence-corrected chi connectivity index (χ1v) is 13.2. The predicted molar refractivity (Wildman–Crippen MR) is 144 cm³/mol. The molecule has 6 rings (SSSR count). The molecule has 3 aromatic heterocycles. The number of piperidine rings is 1. The molecule has 0 spiro atoms. The quantitative estimate of drug-likeness (QED) is 0.330. The summed E-state index contributed by atoms with van der Waals surface area (Å²) in [5.41, 5.74) is 8.66. The summed E-state index contributed by atoms with van der Waals surface area (Å²) in [5.74, 6) is 0.463. The second-order valence-electron chi connectivity index (χ2n) is 9.89. The number of rotatable bonds is 4. The number of nitrogens with one attached hydrogen (secondary N) is 1. The SMILES string of the molecule is Cc1cc(Br)cc2c3c(N)ncnc3n(CC(=O)N3[C@H](C(=O)Nc4cccc(Br)n4)C[C@@]4(C)C[C@@H]34)c12. The van der Waals surface area contributed by atoms with Gasteiger partial charge >= 0.3 is 0 Å². The zero-order valence-corrected chi connectivity index (χ0v) is 22.8. The Balaban J connectivity index is 1.37. The van der Waals surface area contributed by atoms with Crippen LogP contribution in [0.3, 0.4) is 0 Å². The van der Waals surface area contributed by atoms with Crippen LogP contribution in [-0.4, -0.2) is 48.3 Å². The van der Waals surface area contributed by atoms with Crippen LogP contribution in [-0.2, 0) is 16.1 Å². The number of fused-ring (bicyclic) bond motifs is 4. The van der Waals surface area contributed by atoms with E-state index in [1.54, 1.807) is 23.1 Å². The number of hydrogen-bond donors (Lipinski definition) is 2. The number of amides is 2. The maximum absolute atomic E-state index is 13.9. The summed E-state index contributed by atoms with van der Waals surface area (Å²) in [4.78, 5) is 41.9. The predicted octanol–water partition coefficient (Wildman–Crippen LogP) is 4.41. The molecule has 4 heterocycles. The highest BCUT2D eigenvalue weighted by Crippen LogP contribution is 2.59. The van der Waals surface area contributed by atoms with Crippen molar-refractivity contribution in [1.82, 2.24) is 24.4 Å². The van der Waals surface area contributed by atoms with Crippen molar-refractivity contribution in [3.05, 3.63) is 51.3 Å². The Labute approximate surface area is 223 Å². The smallest absolute Gasteiger partial charge is 0.248 e. The molecule has 0 bridgehead atoms. The van der Waals surface area contributed by atoms with Crippen molar-refractivity contribution >= 4 is 77.2 Å². The topological polar surface area (TPSA) is 119 Å². The molecule has 2 amide bonds. The second-order valence-corrected chi connectivity index (χ2v) is 11.6. The van der Waals surface area contributed by atoms with Crippen LogP contribution in [0.2, 0.25) is 0 Å². The summed E-state index contributed by atoms with van der Waals surface area (Å²) in [5, 5.41) is 4.49. The van der Waals surface area contributed by atoms with E-state index in [9.17, 15) is 9.59 Å². The Morgan fingerprint density at radius 1 is 1.22 bits per heavy atom. The molecule has 3 atom stereocenters. The summed E-state index contributed by atoms with van der Waals surface area (Å²) in [6, 6.07) is 8.78. The minimum Gasteiger partial charge on any atom is -0.383 e. The van der Waals surface area contributed by atoms with E-state index in [2.05, 4.69) is 59.1 Å². The maximum atomic E-state index is 13.9. The molecule has 9 nitrogen and oxygen atoms in total. The second kappa shape index (κ2) is 8.24. The largest absolute Gasteiger partial charge is 0.383 e. The molecule has 11 heteroatoms. The Hall–Kier alpha value is -3.05. The van der Waals surface area contributed by atoms with Crippen LogP contribution in [0, 0.1) is 12.3 Å². The first-order valence-electron chi connectivity index (χ1n) is 11.6. The van der Waals surface area contributed by atoms with E-state index in [0.29, 0.717) is 28.3 Å². The Morgan fingerprint density at radius 3 is 2.81 bits per heavy atom. The lowest BCUT2D eigenvalue weighted by atomic mass is 10.0. The number of aryl methyl sites for hydroxylation is 1. The van der Waals surface area contributed by atoms with Gasteiger partial charge in [0.25, 0.3) is 0 Å². The van der Waals surface area contributed by atoms with Crippen molar-refractivity contribution in [3.8, 4) is 0 Å². The number of benzene rings is 1. The van der Waals surface area contributed by atoms with Crippen molar-refractivity contribution in [2.45, 2.75) is 45.3 Å². The molecular weight excluding hydrogens is 590 g/mol. The van der Waals surface area contributed by atoms with E-state index in [1.165, 1.54) is 6.33 Å². The zero-order valence-electron chi connectivity index (χ0n) is 19.6. The van der Waals surface area contributed by atoms with Crippen LogP contribution in [0.1, 0.15) is 25.3 Å². The molecule has 3 N–H and O–H groups in total. The average molecular weight is 613 g/mol. The van der Waals surface area contributed by atoms with E-state index in [-0.39, 0.29) is 29.8 Å². The number of anilines is 2. The van der Waals surface area contributed by atoms with E-state index in [1.807, 2.05) is 23.6 Å². The number of nitrogens with zero attached hydrogens (tertiary/aromatic N) is 5. The van der Waals surface area contributed by atoms with Crippen molar-refractivity contribution < 1.29 is 9.59 Å². The van der Waals surface area contributed by atoms with Crippen LogP contribution in [0.5, 0.6) is 0 Å². The number of carbonyl (C=O) groups excluding carboxylic acids is 2. The number of carbonyl (C=O) groups is 2. The highest BCUT2D eigenvalue weighted by atomic mass is 79.9. The molecule has 1 aromatic carbocycles. The number of aromatic nitrogens is 4. The van der Waals surface area contributed by atoms with Crippen LogP contribution in [0.15, 0.2) is 45.7 Å². The summed E-state index contributed by atoms with van der Waals surface area (Å²) < 4.78 is 3.44. The van der Waals surface area contributed by atoms with E-state index >= 15 is 0 Å². The Bertz CT molecular complexity index is 1590. The monoisotopic (exact) mass is 611 g/mol. The van der Waals surface area contributed by atoms with Crippen LogP contribution < -0.4 is 11.1 Å². The maximum Gasteiger partial charge on any atom is 0.248 e. The Morgan fingerprint density at radius 2 is 2.03 bits per heavy atom. The van der Waals surface area contributed by atoms with Gasteiger partial charge in [-0.05, 0) is 70.9 Å². The number of likely N-dealkylation sites (tertiary alicyclic amines) is 1. The minimum absolute atomic E-state index is 0.0410. The zero-order chi connectivity index (χ0) is 25.4. The fraction of sp³-hybridized carbons (Fsp3) is 0.320. The highest BCUT2D eigenvalue weighted by Gasteiger charge is 2.64. The first kappa shape index (κ1) is 23.4. The third kappa shape index (κ3) is 3.67. The van der Waals surface area contributed by atoms with Gasteiger partial charge in [0.1, 0.15) is 40.8 Å². The lowest BCUT2D eigenvalue weighted by Crippen LogP contribution is -2.46. The van der Waals surface area contributed by atoms with Crippen LogP contribution >= 0.6 is 31.9 Å². The molecule has 1 aliphatic carbocycles. The fourth-order valence-corrected chi connectivity index (χ4v) is 6.58. The van der Waals surface area contributed by atoms with Crippen LogP contribution in [0.4, 0.5) is 11.6 Å². The molecule has 4 aromatic rings. The first-order chi connectivity index (χ1) is 17.2. The van der Waals surface area contributed by atoms with E-state index in [0.717, 1.165) is 32.7 Å². The summed E-state index contributed by atoms with van der Waals surface area (Å²) in [6.07, 6.45) is 2.93. The third-order valence-electron chi connectivity index (χ3n) is 7.40. The van der Waals surface area contributed by atoms with Gasteiger partial charge < -0.3 is 20.5 Å². The van der Waals surface area contributed by atoms with Gasteiger partial charge in [-0.2, -0.15) is 0 Å². The van der Waals surface area contributed by atoms with Crippen molar-refractivity contribution in [3.63, 3.8) is 0 Å². The van der Waals surface area contributed by atoms with Crippen molar-refractivity contribution in [1.29, 1.82) is 0 Å². The van der Waals surface area contributed by atoms with Gasteiger partial charge in [-0.25, -0.2) is 15.0 Å². The molecule has 36 heavy (non-hydrogen) atoms. The number of nitrogen functional groups attached to an aromatic ring is 1. The summed E-state index contributed by atoms with van der Waals surface area (Å²) in [7, 11) is 0. The standard InChI is InChI=1S/C25H23Br2N7O2/c1-12-6-13(26)7-14-20-22(28)29-11-30-23(20)33(21(12)14)10-19(35)34-15(8-25(2)9-16(25)34)24(36)32-18-5-3-4-17(27)31-18/h3-7,11,15-16H,8-10H2,1-2H3,(H2,28,29,30)(H,31,32,36)/t15-,16+,25-/m0/s1. The average Bonchev–Trinajstić information content (AvgIpc) is 3.21. The lowest BCUT2D eigenvalue weighted by molar-refractivity contribution is -0.138. The number of halogens is 2. The molecule has 1 saturated heterocycles. The number of nitrogens with two attached hydrogens (primary N) is 1. The van der Waals surface area contributed by atoms with Gasteiger partial charge in [0.05, 0.1) is 10.9 Å². The molecule has 2 fully saturated rings. The summed E-state index contributed by atoms with van der Waals surface area (Å²) >= 11 is 6.90. The van der Waals surface area contributed by atoms with Crippen molar-refractivity contribution in [2.75, 3.05) is 11.1 Å². The number of pyridine rings is 1. The lowest BCUT2D eigenvalue weighted by Gasteiger charge is -2.27. The Kier molecular flexibility index (Phi) is 5.34. The molecule has 184 valence electrons. The van der Waals surface area contributed by atoms with Gasteiger partial charge in [-0.15, -0.1) is 0 Å². The van der Waals surface area contributed by atoms with Gasteiger partial charge in [0.2, 0.25) is 11.8 Å².